The molecule has 4 fully saturated rings. The molecule has 0 spiro atoms. The quantitative estimate of drug-likeness (QED) is 0.642. The van der Waals surface area contributed by atoms with E-state index < -0.39 is 0 Å². The van der Waals surface area contributed by atoms with Crippen molar-refractivity contribution in [3.05, 3.63) is 22.6 Å². The first-order valence-corrected chi connectivity index (χ1v) is 8.52. The first-order chi connectivity index (χ1) is 9.54. The molecule has 3 atom stereocenters. The minimum Gasteiger partial charge on any atom is -0.466 e. The molecule has 0 saturated heterocycles. The molecule has 5 rings (SSSR count). The fourth-order valence-corrected chi connectivity index (χ4v) is 6.61. The molecule has 4 saturated carbocycles. The standard InChI is InChI=1S/C16H23BrN2O/c1-15-5-10-4-11(6-15)8-16(7-10,9-15)14(19-18)13-12(17)2-3-20-13/h2-3,10-11,14,19H,4-9,18H2,1H3. The summed E-state index contributed by atoms with van der Waals surface area (Å²) >= 11 is 3.61. The maximum Gasteiger partial charge on any atom is 0.136 e. The molecular formula is C16H23BrN2O. The minimum absolute atomic E-state index is 0.136. The molecule has 0 aliphatic heterocycles. The van der Waals surface area contributed by atoms with Crippen LogP contribution in [0.1, 0.15) is 57.3 Å². The number of hydrazine groups is 1. The Morgan fingerprint density at radius 3 is 2.55 bits per heavy atom. The third-order valence-electron chi connectivity index (χ3n) is 6.08. The molecule has 0 aromatic carbocycles. The molecular weight excluding hydrogens is 316 g/mol. The SMILES string of the molecule is CC12CC3CC(C1)CC(C(NN)c1occc1Br)(C3)C2. The van der Waals surface area contributed by atoms with Crippen LogP contribution in [0, 0.1) is 22.7 Å². The van der Waals surface area contributed by atoms with Gasteiger partial charge in [-0.3, -0.25) is 5.84 Å². The van der Waals surface area contributed by atoms with E-state index in [9.17, 15) is 0 Å². The van der Waals surface area contributed by atoms with E-state index in [2.05, 4.69) is 28.3 Å². The number of rotatable bonds is 3. The second-order valence-electron chi connectivity index (χ2n) is 7.87. The molecule has 4 bridgehead atoms. The normalized spacial score (nSPS) is 44.0. The summed E-state index contributed by atoms with van der Waals surface area (Å²) in [6.45, 7) is 2.49. The van der Waals surface area contributed by atoms with Crippen LogP contribution in [0.15, 0.2) is 21.2 Å². The van der Waals surface area contributed by atoms with E-state index in [1.54, 1.807) is 6.26 Å². The summed E-state index contributed by atoms with van der Waals surface area (Å²) in [7, 11) is 0. The number of hydrogen-bond acceptors (Lipinski definition) is 3. The van der Waals surface area contributed by atoms with Gasteiger partial charge in [-0.15, -0.1) is 0 Å². The first-order valence-electron chi connectivity index (χ1n) is 7.73. The third-order valence-corrected chi connectivity index (χ3v) is 6.74. The maximum atomic E-state index is 5.97. The van der Waals surface area contributed by atoms with Crippen LogP contribution in [0.25, 0.3) is 0 Å². The fourth-order valence-electron chi connectivity index (χ4n) is 6.18. The topological polar surface area (TPSA) is 51.2 Å². The lowest BCUT2D eigenvalue weighted by Gasteiger charge is -2.63. The molecule has 20 heavy (non-hydrogen) atoms. The summed E-state index contributed by atoms with van der Waals surface area (Å²) in [4.78, 5) is 0. The molecule has 3 unspecified atom stereocenters. The van der Waals surface area contributed by atoms with Gasteiger partial charge in [0.2, 0.25) is 0 Å². The maximum absolute atomic E-state index is 5.97. The van der Waals surface area contributed by atoms with Crippen molar-refractivity contribution in [3.63, 3.8) is 0 Å². The lowest BCUT2D eigenvalue weighted by Crippen LogP contribution is -2.56. The summed E-state index contributed by atoms with van der Waals surface area (Å²) in [5.74, 6) is 8.74. The lowest BCUT2D eigenvalue weighted by molar-refractivity contribution is -0.121. The zero-order valence-corrected chi connectivity index (χ0v) is 13.6. The molecule has 1 aromatic heterocycles. The number of nitrogens with two attached hydrogens (primary N) is 1. The van der Waals surface area contributed by atoms with Gasteiger partial charge in [-0.25, -0.2) is 5.43 Å². The molecule has 3 N–H and O–H groups in total. The van der Waals surface area contributed by atoms with Crippen LogP contribution in [-0.2, 0) is 0 Å². The monoisotopic (exact) mass is 338 g/mol. The van der Waals surface area contributed by atoms with Crippen molar-refractivity contribution in [1.82, 2.24) is 5.43 Å². The van der Waals surface area contributed by atoms with E-state index >= 15 is 0 Å². The smallest absolute Gasteiger partial charge is 0.136 e. The molecule has 4 heteroatoms. The van der Waals surface area contributed by atoms with Crippen molar-refractivity contribution < 1.29 is 4.42 Å². The van der Waals surface area contributed by atoms with Gasteiger partial charge in [-0.05, 0) is 83.2 Å². The van der Waals surface area contributed by atoms with Crippen molar-refractivity contribution in [1.29, 1.82) is 0 Å². The van der Waals surface area contributed by atoms with Gasteiger partial charge in [-0.2, -0.15) is 0 Å². The van der Waals surface area contributed by atoms with Gasteiger partial charge in [0.1, 0.15) is 5.76 Å². The Labute approximate surface area is 128 Å². The van der Waals surface area contributed by atoms with Crippen LogP contribution >= 0.6 is 15.9 Å². The summed E-state index contributed by atoms with van der Waals surface area (Å²) < 4.78 is 6.79. The first kappa shape index (κ1) is 13.4. The van der Waals surface area contributed by atoms with Gasteiger partial charge in [0.25, 0.3) is 0 Å². The zero-order valence-electron chi connectivity index (χ0n) is 12.0. The Morgan fingerprint density at radius 1 is 1.35 bits per heavy atom. The minimum atomic E-state index is 0.136. The van der Waals surface area contributed by atoms with Gasteiger partial charge in [0.05, 0.1) is 16.8 Å². The van der Waals surface area contributed by atoms with Gasteiger partial charge < -0.3 is 4.42 Å². The summed E-state index contributed by atoms with van der Waals surface area (Å²) in [6.07, 6.45) is 9.93. The van der Waals surface area contributed by atoms with Gasteiger partial charge in [0, 0.05) is 0 Å². The Bertz CT molecular complexity index is 512. The van der Waals surface area contributed by atoms with Crippen LogP contribution in [0.2, 0.25) is 0 Å². The fraction of sp³-hybridized carbons (Fsp3) is 0.750. The molecule has 110 valence electrons. The molecule has 3 nitrogen and oxygen atoms in total. The Kier molecular flexibility index (Phi) is 2.90. The second-order valence-corrected chi connectivity index (χ2v) is 8.72. The highest BCUT2D eigenvalue weighted by molar-refractivity contribution is 9.10. The largest absolute Gasteiger partial charge is 0.466 e. The molecule has 1 heterocycles. The molecule has 0 radical (unpaired) electrons. The molecule has 0 amide bonds. The van der Waals surface area contributed by atoms with E-state index in [1.807, 2.05) is 6.07 Å². The Hall–Kier alpha value is -0.320. The van der Waals surface area contributed by atoms with Crippen molar-refractivity contribution >= 4 is 15.9 Å². The predicted molar refractivity (Wildman–Crippen MR) is 81.7 cm³/mol. The average Bonchev–Trinajstić information content (AvgIpc) is 2.73. The van der Waals surface area contributed by atoms with Crippen LogP contribution < -0.4 is 11.3 Å². The van der Waals surface area contributed by atoms with Gasteiger partial charge in [0.15, 0.2) is 0 Å². The Morgan fingerprint density at radius 2 is 2.05 bits per heavy atom. The van der Waals surface area contributed by atoms with Crippen molar-refractivity contribution in [2.75, 3.05) is 0 Å². The third kappa shape index (κ3) is 1.84. The number of furan rings is 1. The van der Waals surface area contributed by atoms with Crippen LogP contribution in [0.5, 0.6) is 0 Å². The van der Waals surface area contributed by atoms with E-state index in [4.69, 9.17) is 10.3 Å². The van der Waals surface area contributed by atoms with E-state index in [0.717, 1.165) is 22.1 Å². The van der Waals surface area contributed by atoms with E-state index in [0.29, 0.717) is 5.41 Å². The van der Waals surface area contributed by atoms with Crippen LogP contribution in [-0.4, -0.2) is 0 Å². The molecule has 4 aliphatic carbocycles. The summed E-state index contributed by atoms with van der Waals surface area (Å²) in [5.41, 5.74) is 3.91. The van der Waals surface area contributed by atoms with Crippen molar-refractivity contribution in [2.24, 2.45) is 28.5 Å². The highest BCUT2D eigenvalue weighted by Crippen LogP contribution is 2.68. The van der Waals surface area contributed by atoms with E-state index in [-0.39, 0.29) is 11.5 Å². The number of halogens is 1. The molecule has 1 aromatic rings. The highest BCUT2D eigenvalue weighted by atomic mass is 79.9. The summed E-state index contributed by atoms with van der Waals surface area (Å²) in [5, 5.41) is 0. The van der Waals surface area contributed by atoms with Crippen molar-refractivity contribution in [2.45, 2.75) is 51.5 Å². The predicted octanol–water partition coefficient (Wildman–Crippen LogP) is 4.15. The van der Waals surface area contributed by atoms with Crippen LogP contribution in [0.3, 0.4) is 0 Å². The highest BCUT2D eigenvalue weighted by Gasteiger charge is 2.59. The van der Waals surface area contributed by atoms with Crippen molar-refractivity contribution in [3.8, 4) is 0 Å². The Balaban J connectivity index is 1.74. The summed E-state index contributed by atoms with van der Waals surface area (Å²) in [6, 6.07) is 2.11. The van der Waals surface area contributed by atoms with Gasteiger partial charge >= 0.3 is 0 Å². The van der Waals surface area contributed by atoms with Crippen LogP contribution in [0.4, 0.5) is 0 Å². The lowest BCUT2D eigenvalue weighted by atomic mass is 9.43. The zero-order chi connectivity index (χ0) is 14.0. The van der Waals surface area contributed by atoms with E-state index in [1.165, 1.54) is 38.5 Å². The second kappa shape index (κ2) is 4.34. The number of hydrogen-bond donors (Lipinski definition) is 2. The molecule has 4 aliphatic rings. The number of nitrogens with one attached hydrogen (secondary N) is 1. The average molecular weight is 339 g/mol. The van der Waals surface area contributed by atoms with Gasteiger partial charge in [-0.1, -0.05) is 6.92 Å².